The van der Waals surface area contributed by atoms with Crippen molar-refractivity contribution in [2.45, 2.75) is 12.8 Å². The second kappa shape index (κ2) is 7.25. The molecule has 0 spiro atoms. The maximum absolute atomic E-state index is 12.2. The van der Waals surface area contributed by atoms with Gasteiger partial charge in [-0.1, -0.05) is 18.2 Å². The Bertz CT molecular complexity index is 777. The van der Waals surface area contributed by atoms with Crippen LogP contribution in [0.5, 0.6) is 5.75 Å². The molecular formula is C19H21N3O3. The molecule has 6 nitrogen and oxygen atoms in total. The third kappa shape index (κ3) is 4.09. The molecule has 2 aromatic carbocycles. The molecule has 3 N–H and O–H groups in total. The number of nitrogens with two attached hydrogens (primary N) is 1. The normalized spacial score (nSPS) is 15.9. The maximum Gasteiger partial charge on any atom is 0.414 e. The highest BCUT2D eigenvalue weighted by molar-refractivity contribution is 5.96. The molecule has 0 saturated carbocycles. The van der Waals surface area contributed by atoms with Gasteiger partial charge in [0, 0.05) is 30.9 Å². The number of hydrogen-bond acceptors (Lipinski definition) is 4. The molecule has 0 aliphatic carbocycles. The standard InChI is InChI=1S/C19H21N3O3/c1-22(19(24)25-16-5-3-2-4-6-16)10-9-13-11-14-12-15(20)7-8-17(14)21-18(13)23/h2-8,12-13H,9-11,20H2,1H3,(H,21,23). The zero-order valence-corrected chi connectivity index (χ0v) is 14.1. The number of anilines is 2. The topological polar surface area (TPSA) is 84.7 Å². The first kappa shape index (κ1) is 16.8. The number of fused-ring (bicyclic) bond motifs is 1. The first-order chi connectivity index (χ1) is 12.0. The summed E-state index contributed by atoms with van der Waals surface area (Å²) in [4.78, 5) is 25.8. The van der Waals surface area contributed by atoms with Crippen molar-refractivity contribution in [1.29, 1.82) is 0 Å². The molecule has 2 aromatic rings. The van der Waals surface area contributed by atoms with Gasteiger partial charge < -0.3 is 20.7 Å². The number of ether oxygens (including phenoxy) is 1. The monoisotopic (exact) mass is 339 g/mol. The van der Waals surface area contributed by atoms with Crippen molar-refractivity contribution < 1.29 is 14.3 Å². The van der Waals surface area contributed by atoms with E-state index in [1.54, 1.807) is 37.4 Å². The highest BCUT2D eigenvalue weighted by Gasteiger charge is 2.27. The Balaban J connectivity index is 1.56. The Kier molecular flexibility index (Phi) is 4.88. The van der Waals surface area contributed by atoms with Gasteiger partial charge in [0.05, 0.1) is 0 Å². The number of para-hydroxylation sites is 1. The molecule has 0 bridgehead atoms. The fourth-order valence-electron chi connectivity index (χ4n) is 2.84. The molecule has 1 heterocycles. The minimum absolute atomic E-state index is 0.0258. The summed E-state index contributed by atoms with van der Waals surface area (Å²) in [6, 6.07) is 14.4. The maximum atomic E-state index is 12.2. The van der Waals surface area contributed by atoms with Crippen molar-refractivity contribution in [2.24, 2.45) is 5.92 Å². The van der Waals surface area contributed by atoms with Gasteiger partial charge in [-0.25, -0.2) is 4.79 Å². The molecule has 0 saturated heterocycles. The van der Waals surface area contributed by atoms with Crippen LogP contribution in [-0.2, 0) is 11.2 Å². The van der Waals surface area contributed by atoms with Crippen molar-refractivity contribution in [3.8, 4) is 5.75 Å². The van der Waals surface area contributed by atoms with Gasteiger partial charge in [0.25, 0.3) is 0 Å². The van der Waals surface area contributed by atoms with E-state index in [-0.39, 0.29) is 11.8 Å². The first-order valence-electron chi connectivity index (χ1n) is 8.20. The van der Waals surface area contributed by atoms with Crippen molar-refractivity contribution in [3.63, 3.8) is 0 Å². The number of carbonyl (C=O) groups excluding carboxylic acids is 2. The molecule has 3 rings (SSSR count). The van der Waals surface area contributed by atoms with E-state index in [2.05, 4.69) is 5.32 Å². The van der Waals surface area contributed by atoms with Crippen LogP contribution in [0.15, 0.2) is 48.5 Å². The lowest BCUT2D eigenvalue weighted by Crippen LogP contribution is -2.36. The Hall–Kier alpha value is -3.02. The fourth-order valence-corrected chi connectivity index (χ4v) is 2.84. The summed E-state index contributed by atoms with van der Waals surface area (Å²) in [5.41, 5.74) is 8.33. The molecule has 1 aliphatic heterocycles. The van der Waals surface area contributed by atoms with Gasteiger partial charge in [-0.2, -0.15) is 0 Å². The molecule has 6 heteroatoms. The van der Waals surface area contributed by atoms with Crippen LogP contribution >= 0.6 is 0 Å². The number of nitrogens with zero attached hydrogens (tertiary/aromatic N) is 1. The quantitative estimate of drug-likeness (QED) is 0.839. The summed E-state index contributed by atoms with van der Waals surface area (Å²) in [5.74, 6) is 0.280. The summed E-state index contributed by atoms with van der Waals surface area (Å²) in [5, 5.41) is 2.90. The number of nitrogens with one attached hydrogen (secondary N) is 1. The van der Waals surface area contributed by atoms with Crippen molar-refractivity contribution in [2.75, 3.05) is 24.6 Å². The molecule has 130 valence electrons. The van der Waals surface area contributed by atoms with Crippen LogP contribution in [-0.4, -0.2) is 30.5 Å². The van der Waals surface area contributed by atoms with E-state index in [4.69, 9.17) is 10.5 Å². The van der Waals surface area contributed by atoms with Gasteiger partial charge in [0.1, 0.15) is 5.75 Å². The summed E-state index contributed by atoms with van der Waals surface area (Å²) in [7, 11) is 1.66. The SMILES string of the molecule is CN(CCC1Cc2cc(N)ccc2NC1=O)C(=O)Oc1ccccc1. The predicted octanol–water partition coefficient (Wildman–Crippen LogP) is 2.90. The molecular weight excluding hydrogens is 318 g/mol. The average Bonchev–Trinajstić information content (AvgIpc) is 2.60. The molecule has 1 unspecified atom stereocenters. The van der Waals surface area contributed by atoms with Crippen LogP contribution in [0.25, 0.3) is 0 Å². The van der Waals surface area contributed by atoms with Crippen LogP contribution in [0, 0.1) is 5.92 Å². The number of rotatable bonds is 4. The minimum atomic E-state index is -0.438. The Morgan fingerprint density at radius 2 is 2.04 bits per heavy atom. The van der Waals surface area contributed by atoms with E-state index in [1.165, 1.54) is 4.90 Å². The van der Waals surface area contributed by atoms with Gasteiger partial charge in [-0.3, -0.25) is 4.79 Å². The molecule has 0 fully saturated rings. The molecule has 1 atom stereocenters. The van der Waals surface area contributed by atoms with Crippen molar-refractivity contribution in [1.82, 2.24) is 4.90 Å². The van der Waals surface area contributed by atoms with Crippen molar-refractivity contribution >= 4 is 23.4 Å². The first-order valence-corrected chi connectivity index (χ1v) is 8.20. The van der Waals surface area contributed by atoms with Crippen LogP contribution in [0.3, 0.4) is 0 Å². The number of nitrogen functional groups attached to an aromatic ring is 1. The van der Waals surface area contributed by atoms with Gasteiger partial charge in [-0.05, 0) is 48.7 Å². The highest BCUT2D eigenvalue weighted by atomic mass is 16.6. The summed E-state index contributed by atoms with van der Waals surface area (Å²) in [6.45, 7) is 0.432. The van der Waals surface area contributed by atoms with Crippen LogP contribution in [0.4, 0.5) is 16.2 Å². The minimum Gasteiger partial charge on any atom is -0.410 e. The largest absolute Gasteiger partial charge is 0.414 e. The Labute approximate surface area is 146 Å². The van der Waals surface area contributed by atoms with Crippen LogP contribution in [0.1, 0.15) is 12.0 Å². The zero-order chi connectivity index (χ0) is 17.8. The molecule has 2 amide bonds. The number of carbonyl (C=O) groups is 2. The van der Waals surface area contributed by atoms with E-state index >= 15 is 0 Å². The van der Waals surface area contributed by atoms with Gasteiger partial charge >= 0.3 is 6.09 Å². The van der Waals surface area contributed by atoms with E-state index < -0.39 is 6.09 Å². The predicted molar refractivity (Wildman–Crippen MR) is 96.4 cm³/mol. The van der Waals surface area contributed by atoms with E-state index in [9.17, 15) is 9.59 Å². The lowest BCUT2D eigenvalue weighted by atomic mass is 9.90. The molecule has 0 aromatic heterocycles. The molecule has 1 aliphatic rings. The third-order valence-electron chi connectivity index (χ3n) is 4.30. The molecule has 0 radical (unpaired) electrons. The van der Waals surface area contributed by atoms with E-state index in [0.29, 0.717) is 30.8 Å². The summed E-state index contributed by atoms with van der Waals surface area (Å²) in [6.07, 6.45) is 0.737. The average molecular weight is 339 g/mol. The van der Waals surface area contributed by atoms with Crippen molar-refractivity contribution in [3.05, 3.63) is 54.1 Å². The molecule has 25 heavy (non-hydrogen) atoms. The highest BCUT2D eigenvalue weighted by Crippen LogP contribution is 2.28. The number of benzene rings is 2. The van der Waals surface area contributed by atoms with E-state index in [0.717, 1.165) is 11.3 Å². The lowest BCUT2D eigenvalue weighted by molar-refractivity contribution is -0.120. The number of amides is 2. The third-order valence-corrected chi connectivity index (χ3v) is 4.30. The lowest BCUT2D eigenvalue weighted by Gasteiger charge is -2.26. The van der Waals surface area contributed by atoms with Crippen LogP contribution < -0.4 is 15.8 Å². The van der Waals surface area contributed by atoms with Gasteiger partial charge in [0.2, 0.25) is 5.91 Å². The summed E-state index contributed by atoms with van der Waals surface area (Å²) < 4.78 is 5.28. The van der Waals surface area contributed by atoms with Crippen LogP contribution in [0.2, 0.25) is 0 Å². The second-order valence-corrected chi connectivity index (χ2v) is 6.20. The van der Waals surface area contributed by atoms with E-state index in [1.807, 2.05) is 18.2 Å². The fraction of sp³-hybridized carbons (Fsp3) is 0.263. The second-order valence-electron chi connectivity index (χ2n) is 6.20. The van der Waals surface area contributed by atoms with Gasteiger partial charge in [-0.15, -0.1) is 0 Å². The van der Waals surface area contributed by atoms with Gasteiger partial charge in [0.15, 0.2) is 0 Å². The zero-order valence-electron chi connectivity index (χ0n) is 14.1. The Morgan fingerprint density at radius 1 is 1.28 bits per heavy atom. The number of hydrogen-bond donors (Lipinski definition) is 2. The Morgan fingerprint density at radius 3 is 2.80 bits per heavy atom. The smallest absolute Gasteiger partial charge is 0.410 e. The summed E-state index contributed by atoms with van der Waals surface area (Å²) >= 11 is 0.